The van der Waals surface area contributed by atoms with Crippen molar-refractivity contribution in [3.63, 3.8) is 0 Å². The zero-order valence-corrected chi connectivity index (χ0v) is 13.4. The third kappa shape index (κ3) is 8.06. The lowest BCUT2D eigenvalue weighted by atomic mass is 10.2. The number of nitrogens with zero attached hydrogens (tertiary/aromatic N) is 1. The average molecular weight is 278 g/mol. The zero-order valence-electron chi connectivity index (χ0n) is 12.6. The minimum atomic E-state index is -2.89. The molecule has 0 saturated heterocycles. The van der Waals surface area contributed by atoms with Crippen LogP contribution in [-0.4, -0.2) is 57.0 Å². The van der Waals surface area contributed by atoms with Gasteiger partial charge in [0, 0.05) is 12.6 Å². The van der Waals surface area contributed by atoms with Crippen molar-refractivity contribution in [1.82, 2.24) is 10.2 Å². The Bertz CT molecular complexity index is 300. The quantitative estimate of drug-likeness (QED) is 0.616. The normalized spacial score (nSPS) is 12.9. The average Bonchev–Trinajstić information content (AvgIpc) is 2.26. The monoisotopic (exact) mass is 278 g/mol. The van der Waals surface area contributed by atoms with Crippen LogP contribution in [0.15, 0.2) is 0 Å². The van der Waals surface area contributed by atoms with Gasteiger partial charge in [-0.05, 0) is 60.7 Å². The molecule has 0 atom stereocenters. The van der Waals surface area contributed by atoms with Crippen molar-refractivity contribution in [2.24, 2.45) is 0 Å². The van der Waals surface area contributed by atoms with E-state index in [1.54, 1.807) is 13.8 Å². The number of unbranched alkanes of at least 4 members (excludes halogenated alkanes) is 1. The highest BCUT2D eigenvalue weighted by atomic mass is 32.2. The van der Waals surface area contributed by atoms with E-state index < -0.39 is 9.84 Å². The van der Waals surface area contributed by atoms with Crippen LogP contribution in [0.4, 0.5) is 0 Å². The summed E-state index contributed by atoms with van der Waals surface area (Å²) in [6.07, 6.45) is 2.25. The van der Waals surface area contributed by atoms with Gasteiger partial charge in [0.05, 0.1) is 11.0 Å². The maximum atomic E-state index is 11.5. The zero-order chi connectivity index (χ0) is 14.2. The SMILES string of the molecule is CC(C)N(C)CCCCNCCS(=O)(=O)C(C)C. The van der Waals surface area contributed by atoms with Crippen molar-refractivity contribution >= 4 is 9.84 Å². The van der Waals surface area contributed by atoms with Crippen molar-refractivity contribution in [1.29, 1.82) is 0 Å². The summed E-state index contributed by atoms with van der Waals surface area (Å²) in [5.74, 6) is 0.247. The number of nitrogens with one attached hydrogen (secondary N) is 1. The highest BCUT2D eigenvalue weighted by Crippen LogP contribution is 2.00. The summed E-state index contributed by atoms with van der Waals surface area (Å²) in [7, 11) is -0.754. The first-order valence-electron chi connectivity index (χ1n) is 6.90. The molecule has 0 radical (unpaired) electrons. The lowest BCUT2D eigenvalue weighted by molar-refractivity contribution is 0.268. The van der Waals surface area contributed by atoms with Crippen LogP contribution >= 0.6 is 0 Å². The van der Waals surface area contributed by atoms with Crippen LogP contribution in [0.1, 0.15) is 40.5 Å². The van der Waals surface area contributed by atoms with Crippen molar-refractivity contribution in [3.8, 4) is 0 Å². The molecule has 0 bridgehead atoms. The molecule has 0 fully saturated rings. The molecule has 0 aromatic heterocycles. The van der Waals surface area contributed by atoms with Gasteiger partial charge in [-0.3, -0.25) is 0 Å². The van der Waals surface area contributed by atoms with Crippen LogP contribution in [-0.2, 0) is 9.84 Å². The Morgan fingerprint density at radius 3 is 2.17 bits per heavy atom. The molecule has 0 aliphatic carbocycles. The van der Waals surface area contributed by atoms with Crippen molar-refractivity contribution < 1.29 is 8.42 Å². The summed E-state index contributed by atoms with van der Waals surface area (Å²) in [5.41, 5.74) is 0. The van der Waals surface area contributed by atoms with Crippen LogP contribution in [0.3, 0.4) is 0 Å². The second-order valence-corrected chi connectivity index (χ2v) is 8.12. The summed E-state index contributed by atoms with van der Waals surface area (Å²) in [6.45, 7) is 10.4. The fourth-order valence-electron chi connectivity index (χ4n) is 1.44. The lowest BCUT2D eigenvalue weighted by Gasteiger charge is -2.20. The Labute approximate surface area is 113 Å². The van der Waals surface area contributed by atoms with Gasteiger partial charge in [-0.1, -0.05) is 0 Å². The number of hydrogen-bond donors (Lipinski definition) is 1. The van der Waals surface area contributed by atoms with Gasteiger partial charge < -0.3 is 10.2 Å². The van der Waals surface area contributed by atoms with Crippen molar-refractivity contribution in [2.45, 2.75) is 51.8 Å². The molecule has 0 amide bonds. The molecule has 0 aliphatic rings. The third-order valence-corrected chi connectivity index (χ3v) is 5.49. The smallest absolute Gasteiger partial charge is 0.153 e. The Morgan fingerprint density at radius 1 is 1.06 bits per heavy atom. The fourth-order valence-corrected chi connectivity index (χ4v) is 2.34. The molecule has 0 unspecified atom stereocenters. The minimum Gasteiger partial charge on any atom is -0.316 e. The van der Waals surface area contributed by atoms with Crippen LogP contribution < -0.4 is 5.32 Å². The van der Waals surface area contributed by atoms with E-state index in [4.69, 9.17) is 0 Å². The lowest BCUT2D eigenvalue weighted by Crippen LogP contribution is -2.29. The van der Waals surface area contributed by atoms with E-state index in [0.29, 0.717) is 12.6 Å². The summed E-state index contributed by atoms with van der Waals surface area (Å²) in [4.78, 5) is 2.32. The molecule has 5 heteroatoms. The molecule has 0 aliphatic heterocycles. The minimum absolute atomic E-state index is 0.247. The molecule has 1 N–H and O–H groups in total. The Kier molecular flexibility index (Phi) is 8.82. The summed E-state index contributed by atoms with van der Waals surface area (Å²) in [5, 5.41) is 2.94. The molecule has 0 saturated carbocycles. The predicted octanol–water partition coefficient (Wildman–Crippen LogP) is 1.52. The second-order valence-electron chi connectivity index (χ2n) is 5.45. The molecular weight excluding hydrogens is 248 g/mol. The maximum absolute atomic E-state index is 11.5. The van der Waals surface area contributed by atoms with Crippen LogP contribution in [0.5, 0.6) is 0 Å². The topological polar surface area (TPSA) is 49.4 Å². The number of rotatable bonds is 10. The maximum Gasteiger partial charge on any atom is 0.153 e. The van der Waals surface area contributed by atoms with Crippen LogP contribution in [0.25, 0.3) is 0 Å². The molecule has 0 heterocycles. The van der Waals surface area contributed by atoms with Gasteiger partial charge in [0.1, 0.15) is 0 Å². The first-order chi connectivity index (χ1) is 8.27. The molecular formula is C13H30N2O2S. The third-order valence-electron chi connectivity index (χ3n) is 3.28. The highest BCUT2D eigenvalue weighted by molar-refractivity contribution is 7.92. The van der Waals surface area contributed by atoms with E-state index in [2.05, 4.69) is 31.1 Å². The van der Waals surface area contributed by atoms with E-state index in [-0.39, 0.29) is 11.0 Å². The molecule has 0 rings (SSSR count). The second kappa shape index (κ2) is 8.88. The van der Waals surface area contributed by atoms with Gasteiger partial charge in [0.25, 0.3) is 0 Å². The highest BCUT2D eigenvalue weighted by Gasteiger charge is 2.14. The van der Waals surface area contributed by atoms with E-state index in [9.17, 15) is 8.42 Å². The molecule has 0 spiro atoms. The number of hydrogen-bond acceptors (Lipinski definition) is 4. The van der Waals surface area contributed by atoms with Gasteiger partial charge in [0.2, 0.25) is 0 Å². The van der Waals surface area contributed by atoms with Gasteiger partial charge in [-0.25, -0.2) is 8.42 Å². The van der Waals surface area contributed by atoms with Gasteiger partial charge in [0.15, 0.2) is 9.84 Å². The van der Waals surface area contributed by atoms with E-state index >= 15 is 0 Å². The van der Waals surface area contributed by atoms with Crippen LogP contribution in [0.2, 0.25) is 0 Å². The standard InChI is InChI=1S/C13H30N2O2S/c1-12(2)15(5)10-7-6-8-14-9-11-18(16,17)13(3)4/h12-14H,6-11H2,1-5H3. The van der Waals surface area contributed by atoms with Gasteiger partial charge in [-0.15, -0.1) is 0 Å². The summed E-state index contributed by atoms with van der Waals surface area (Å²) in [6, 6.07) is 0.592. The molecule has 0 aromatic rings. The summed E-state index contributed by atoms with van der Waals surface area (Å²) < 4.78 is 23.1. The largest absolute Gasteiger partial charge is 0.316 e. The molecule has 110 valence electrons. The first kappa shape index (κ1) is 17.9. The van der Waals surface area contributed by atoms with Crippen LogP contribution in [0, 0.1) is 0 Å². The molecule has 0 aromatic carbocycles. The van der Waals surface area contributed by atoms with Crippen molar-refractivity contribution in [2.75, 3.05) is 32.4 Å². The predicted molar refractivity (Wildman–Crippen MR) is 78.8 cm³/mol. The summed E-state index contributed by atoms with van der Waals surface area (Å²) >= 11 is 0. The van der Waals surface area contributed by atoms with Gasteiger partial charge in [-0.2, -0.15) is 0 Å². The van der Waals surface area contributed by atoms with E-state index in [1.807, 2.05) is 0 Å². The van der Waals surface area contributed by atoms with E-state index in [0.717, 1.165) is 25.9 Å². The number of sulfone groups is 1. The molecule has 4 nitrogen and oxygen atoms in total. The Hall–Kier alpha value is -0.130. The molecule has 18 heavy (non-hydrogen) atoms. The fraction of sp³-hybridized carbons (Fsp3) is 1.00. The Morgan fingerprint density at radius 2 is 1.67 bits per heavy atom. The Balaban J connectivity index is 3.48. The van der Waals surface area contributed by atoms with E-state index in [1.165, 1.54) is 0 Å². The van der Waals surface area contributed by atoms with Crippen molar-refractivity contribution in [3.05, 3.63) is 0 Å². The van der Waals surface area contributed by atoms with Gasteiger partial charge >= 0.3 is 0 Å². The first-order valence-corrected chi connectivity index (χ1v) is 8.61.